The molecule has 112 valence electrons. The zero-order valence-corrected chi connectivity index (χ0v) is 13.1. The molecule has 0 aliphatic carbocycles. The van der Waals surface area contributed by atoms with Crippen molar-refractivity contribution in [2.24, 2.45) is 5.92 Å². The van der Waals surface area contributed by atoms with E-state index in [2.05, 4.69) is 32.6 Å². The van der Waals surface area contributed by atoms with E-state index in [1.165, 1.54) is 0 Å². The minimum atomic E-state index is -0.316. The molecule has 0 bridgehead atoms. The van der Waals surface area contributed by atoms with E-state index in [-0.39, 0.29) is 12.0 Å². The van der Waals surface area contributed by atoms with Gasteiger partial charge in [0.05, 0.1) is 23.5 Å². The average Bonchev–Trinajstić information content (AvgIpc) is 2.36. The maximum Gasteiger partial charge on any atom is 0.340 e. The molecule has 0 amide bonds. The Balaban J connectivity index is 3.28. The number of hydrogen-bond donors (Lipinski definition) is 1. The Morgan fingerprint density at radius 3 is 2.45 bits per heavy atom. The molecular formula is C16H26N2O2. The highest BCUT2D eigenvalue weighted by molar-refractivity contribution is 5.99. The van der Waals surface area contributed by atoms with E-state index in [4.69, 9.17) is 10.5 Å². The molecule has 0 heterocycles. The van der Waals surface area contributed by atoms with Crippen molar-refractivity contribution in [2.75, 3.05) is 23.8 Å². The first-order chi connectivity index (χ1) is 9.38. The van der Waals surface area contributed by atoms with Crippen LogP contribution >= 0.6 is 0 Å². The third kappa shape index (κ3) is 3.89. The van der Waals surface area contributed by atoms with E-state index >= 15 is 0 Å². The molecule has 0 aliphatic heterocycles. The predicted molar refractivity (Wildman–Crippen MR) is 84.1 cm³/mol. The number of ether oxygens (including phenoxy) is 1. The summed E-state index contributed by atoms with van der Waals surface area (Å²) in [7, 11) is 0. The predicted octanol–water partition coefficient (Wildman–Crippen LogP) is 3.32. The molecule has 0 saturated carbocycles. The number of nitrogens with zero attached hydrogens (tertiary/aromatic N) is 1. The van der Waals surface area contributed by atoms with Gasteiger partial charge in [-0.2, -0.15) is 0 Å². The molecule has 1 rings (SSSR count). The molecule has 0 radical (unpaired) electrons. The number of anilines is 2. The number of hydrogen-bond acceptors (Lipinski definition) is 4. The van der Waals surface area contributed by atoms with Gasteiger partial charge in [0.2, 0.25) is 0 Å². The van der Waals surface area contributed by atoms with E-state index in [1.54, 1.807) is 19.1 Å². The number of nitrogens with two attached hydrogens (primary N) is 1. The van der Waals surface area contributed by atoms with Crippen LogP contribution < -0.4 is 10.6 Å². The van der Waals surface area contributed by atoms with Crippen LogP contribution in [0.2, 0.25) is 0 Å². The van der Waals surface area contributed by atoms with E-state index in [0.717, 1.165) is 12.2 Å². The van der Waals surface area contributed by atoms with Gasteiger partial charge in [-0.15, -0.1) is 0 Å². The summed E-state index contributed by atoms with van der Waals surface area (Å²) in [4.78, 5) is 14.3. The molecule has 4 nitrogen and oxygen atoms in total. The Kier molecular flexibility index (Phi) is 5.86. The summed E-state index contributed by atoms with van der Waals surface area (Å²) in [6.07, 6.45) is 0. The van der Waals surface area contributed by atoms with Crippen molar-refractivity contribution in [3.8, 4) is 0 Å². The smallest absolute Gasteiger partial charge is 0.340 e. The third-order valence-electron chi connectivity index (χ3n) is 3.03. The van der Waals surface area contributed by atoms with Crippen LogP contribution in [0.15, 0.2) is 18.2 Å². The fourth-order valence-electron chi connectivity index (χ4n) is 2.21. The number of esters is 1. The summed E-state index contributed by atoms with van der Waals surface area (Å²) < 4.78 is 5.14. The lowest BCUT2D eigenvalue weighted by atomic mass is 10.1. The van der Waals surface area contributed by atoms with Gasteiger partial charge in [-0.05, 0) is 38.8 Å². The molecule has 0 unspecified atom stereocenters. The Morgan fingerprint density at radius 1 is 1.30 bits per heavy atom. The molecule has 0 aliphatic rings. The minimum absolute atomic E-state index is 0.260. The van der Waals surface area contributed by atoms with Crippen molar-refractivity contribution in [3.05, 3.63) is 23.8 Å². The summed E-state index contributed by atoms with van der Waals surface area (Å²) in [5.74, 6) is 0.163. The van der Waals surface area contributed by atoms with Crippen LogP contribution in [-0.2, 0) is 4.74 Å². The second-order valence-electron chi connectivity index (χ2n) is 5.60. The Morgan fingerprint density at radius 2 is 1.95 bits per heavy atom. The van der Waals surface area contributed by atoms with Gasteiger partial charge >= 0.3 is 5.97 Å². The van der Waals surface area contributed by atoms with Crippen LogP contribution in [0.25, 0.3) is 0 Å². The largest absolute Gasteiger partial charge is 0.462 e. The molecule has 4 heteroatoms. The van der Waals surface area contributed by atoms with Crippen molar-refractivity contribution in [3.63, 3.8) is 0 Å². The van der Waals surface area contributed by atoms with E-state index in [0.29, 0.717) is 23.8 Å². The van der Waals surface area contributed by atoms with Crippen molar-refractivity contribution in [1.29, 1.82) is 0 Å². The van der Waals surface area contributed by atoms with Crippen molar-refractivity contribution in [1.82, 2.24) is 0 Å². The Hall–Kier alpha value is -1.71. The normalized spacial score (nSPS) is 10.9. The van der Waals surface area contributed by atoms with Crippen LogP contribution in [0.3, 0.4) is 0 Å². The lowest BCUT2D eigenvalue weighted by Gasteiger charge is -2.33. The van der Waals surface area contributed by atoms with Crippen molar-refractivity contribution < 1.29 is 9.53 Å². The lowest BCUT2D eigenvalue weighted by molar-refractivity contribution is 0.0527. The summed E-state index contributed by atoms with van der Waals surface area (Å²) in [5.41, 5.74) is 8.07. The molecule has 0 aromatic heterocycles. The Bertz CT molecular complexity index is 456. The van der Waals surface area contributed by atoms with E-state index in [9.17, 15) is 4.79 Å². The zero-order chi connectivity index (χ0) is 15.3. The van der Waals surface area contributed by atoms with E-state index in [1.807, 2.05) is 6.07 Å². The molecule has 0 fully saturated rings. The highest BCUT2D eigenvalue weighted by Gasteiger charge is 2.22. The summed E-state index contributed by atoms with van der Waals surface area (Å²) in [6, 6.07) is 5.65. The molecule has 0 spiro atoms. The number of benzene rings is 1. The summed E-state index contributed by atoms with van der Waals surface area (Å²) in [6.45, 7) is 11.5. The third-order valence-corrected chi connectivity index (χ3v) is 3.03. The first-order valence-electron chi connectivity index (χ1n) is 7.20. The number of rotatable bonds is 6. The topological polar surface area (TPSA) is 55.6 Å². The van der Waals surface area contributed by atoms with Crippen LogP contribution in [0.4, 0.5) is 11.4 Å². The van der Waals surface area contributed by atoms with Gasteiger partial charge in [-0.1, -0.05) is 19.9 Å². The first kappa shape index (κ1) is 16.3. The van der Waals surface area contributed by atoms with Gasteiger partial charge in [0, 0.05) is 12.6 Å². The average molecular weight is 278 g/mol. The second-order valence-corrected chi connectivity index (χ2v) is 5.60. The number of carbonyl (C=O) groups is 1. The minimum Gasteiger partial charge on any atom is -0.462 e. The number of carbonyl (C=O) groups excluding carboxylic acids is 1. The number of nitrogen functional groups attached to an aromatic ring is 1. The Labute approximate surface area is 121 Å². The molecule has 2 N–H and O–H groups in total. The van der Waals surface area contributed by atoms with Gasteiger partial charge in [0.15, 0.2) is 0 Å². The summed E-state index contributed by atoms with van der Waals surface area (Å²) >= 11 is 0. The maximum atomic E-state index is 12.1. The zero-order valence-electron chi connectivity index (χ0n) is 13.1. The number of para-hydroxylation sites is 1. The molecule has 0 atom stereocenters. The van der Waals surface area contributed by atoms with Gasteiger partial charge in [-0.3, -0.25) is 0 Å². The standard InChI is InChI=1S/C16H26N2O2/c1-6-20-16(19)13-8-7-9-14(17)15(13)18(12(4)5)10-11(2)3/h7-9,11-12H,6,10,17H2,1-5H3. The first-order valence-corrected chi connectivity index (χ1v) is 7.20. The molecule has 1 aromatic rings. The summed E-state index contributed by atoms with van der Waals surface area (Å²) in [5, 5.41) is 0. The van der Waals surface area contributed by atoms with Gasteiger partial charge < -0.3 is 15.4 Å². The fourth-order valence-corrected chi connectivity index (χ4v) is 2.21. The monoisotopic (exact) mass is 278 g/mol. The molecule has 0 saturated heterocycles. The maximum absolute atomic E-state index is 12.1. The molecular weight excluding hydrogens is 252 g/mol. The lowest BCUT2D eigenvalue weighted by Crippen LogP contribution is -2.36. The van der Waals surface area contributed by atoms with Crippen molar-refractivity contribution >= 4 is 17.3 Å². The molecule has 1 aromatic carbocycles. The van der Waals surface area contributed by atoms with Crippen LogP contribution in [0.1, 0.15) is 45.0 Å². The fraction of sp³-hybridized carbons (Fsp3) is 0.562. The van der Waals surface area contributed by atoms with Crippen LogP contribution in [-0.4, -0.2) is 25.2 Å². The van der Waals surface area contributed by atoms with Gasteiger partial charge in [0.25, 0.3) is 0 Å². The van der Waals surface area contributed by atoms with Crippen LogP contribution in [0, 0.1) is 5.92 Å². The van der Waals surface area contributed by atoms with Gasteiger partial charge in [-0.25, -0.2) is 4.79 Å². The highest BCUT2D eigenvalue weighted by atomic mass is 16.5. The van der Waals surface area contributed by atoms with E-state index < -0.39 is 0 Å². The molecule has 20 heavy (non-hydrogen) atoms. The van der Waals surface area contributed by atoms with Crippen LogP contribution in [0.5, 0.6) is 0 Å². The SMILES string of the molecule is CCOC(=O)c1cccc(N)c1N(CC(C)C)C(C)C. The highest BCUT2D eigenvalue weighted by Crippen LogP contribution is 2.31. The van der Waals surface area contributed by atoms with Gasteiger partial charge in [0.1, 0.15) is 0 Å². The quantitative estimate of drug-likeness (QED) is 0.640. The van der Waals surface area contributed by atoms with Crippen molar-refractivity contribution in [2.45, 2.75) is 40.7 Å². The second kappa shape index (κ2) is 7.17.